The molecule has 0 aromatic carbocycles. The van der Waals surface area contributed by atoms with Gasteiger partial charge in [-0.2, -0.15) is 0 Å². The number of ether oxygens (including phenoxy) is 2. The standard InChI is InChI=1S/C20H30O4/c1-14-6-7-17-20(4,24-17)10-5-9-18(2,21)11-8-15-16(12-14)23-13-19(15,3)22/h5,8-9,12,16-17,21-22H,6-7,10-11,13H2,1-4H3/b9-5+,14-12+,15-8-/t16-,17-,18-,19+,20-/m0/s1. The van der Waals surface area contributed by atoms with Crippen LogP contribution < -0.4 is 0 Å². The SMILES string of the molecule is C/C1=C\[C@@H]2OC[C@@](C)(O)/C2=C\C[C@@](C)(O)/C=C/C[C@]2(C)O[C@H]2CC1. The molecule has 1 aliphatic carbocycles. The van der Waals surface area contributed by atoms with Crippen LogP contribution in [-0.2, 0) is 9.47 Å². The lowest BCUT2D eigenvalue weighted by molar-refractivity contribution is 0.0485. The first kappa shape index (κ1) is 17.9. The minimum Gasteiger partial charge on any atom is -0.386 e. The van der Waals surface area contributed by atoms with Gasteiger partial charge in [0, 0.05) is 0 Å². The molecule has 24 heavy (non-hydrogen) atoms. The number of rotatable bonds is 0. The van der Waals surface area contributed by atoms with Crippen LogP contribution in [0.25, 0.3) is 0 Å². The molecule has 0 bridgehead atoms. The highest BCUT2D eigenvalue weighted by Crippen LogP contribution is 2.43. The molecular formula is C20H30O4. The molecule has 3 aliphatic rings. The summed E-state index contributed by atoms with van der Waals surface area (Å²) in [5.74, 6) is 0. The van der Waals surface area contributed by atoms with Crippen LogP contribution in [0.5, 0.6) is 0 Å². The van der Waals surface area contributed by atoms with Crippen molar-refractivity contribution in [2.75, 3.05) is 6.61 Å². The molecule has 2 fully saturated rings. The van der Waals surface area contributed by atoms with Crippen molar-refractivity contribution in [2.24, 2.45) is 0 Å². The maximum absolute atomic E-state index is 10.6. The van der Waals surface area contributed by atoms with E-state index in [1.165, 1.54) is 5.57 Å². The van der Waals surface area contributed by atoms with E-state index in [0.717, 1.165) is 24.8 Å². The first-order chi connectivity index (χ1) is 11.1. The topological polar surface area (TPSA) is 62.2 Å². The van der Waals surface area contributed by atoms with Crippen LogP contribution in [0.4, 0.5) is 0 Å². The van der Waals surface area contributed by atoms with Gasteiger partial charge >= 0.3 is 0 Å². The Balaban J connectivity index is 1.88. The normalized spacial score (nSPS) is 52.1. The van der Waals surface area contributed by atoms with Gasteiger partial charge in [0.25, 0.3) is 0 Å². The van der Waals surface area contributed by atoms with Gasteiger partial charge in [0.1, 0.15) is 5.60 Å². The van der Waals surface area contributed by atoms with Gasteiger partial charge in [0.2, 0.25) is 0 Å². The van der Waals surface area contributed by atoms with Crippen molar-refractivity contribution in [1.29, 1.82) is 0 Å². The molecule has 0 unspecified atom stereocenters. The molecule has 0 amide bonds. The van der Waals surface area contributed by atoms with Crippen molar-refractivity contribution >= 4 is 0 Å². The summed E-state index contributed by atoms with van der Waals surface area (Å²) in [7, 11) is 0. The fraction of sp³-hybridized carbons (Fsp3) is 0.700. The predicted octanol–water partition coefficient (Wildman–Crippen LogP) is 3.05. The Morgan fingerprint density at radius 2 is 1.92 bits per heavy atom. The number of hydrogen-bond donors (Lipinski definition) is 2. The van der Waals surface area contributed by atoms with Crippen LogP contribution >= 0.6 is 0 Å². The van der Waals surface area contributed by atoms with Crippen molar-refractivity contribution in [2.45, 2.75) is 82.4 Å². The largest absolute Gasteiger partial charge is 0.386 e. The van der Waals surface area contributed by atoms with Crippen LogP contribution in [0.2, 0.25) is 0 Å². The van der Waals surface area contributed by atoms with Crippen molar-refractivity contribution in [1.82, 2.24) is 0 Å². The van der Waals surface area contributed by atoms with Gasteiger partial charge in [0.15, 0.2) is 0 Å². The van der Waals surface area contributed by atoms with Crippen LogP contribution in [0.3, 0.4) is 0 Å². The highest BCUT2D eigenvalue weighted by molar-refractivity contribution is 5.31. The Hall–Kier alpha value is -0.940. The fourth-order valence-corrected chi connectivity index (χ4v) is 3.67. The molecule has 5 atom stereocenters. The number of aliphatic hydroxyl groups is 2. The van der Waals surface area contributed by atoms with Crippen molar-refractivity contribution in [3.8, 4) is 0 Å². The summed E-state index contributed by atoms with van der Waals surface area (Å²) in [5, 5.41) is 21.2. The molecule has 2 saturated heterocycles. The van der Waals surface area contributed by atoms with E-state index in [9.17, 15) is 10.2 Å². The highest BCUT2D eigenvalue weighted by Gasteiger charge is 2.50. The fourth-order valence-electron chi connectivity index (χ4n) is 3.67. The summed E-state index contributed by atoms with van der Waals surface area (Å²) in [6.45, 7) is 8.10. The molecular weight excluding hydrogens is 304 g/mol. The lowest BCUT2D eigenvalue weighted by Crippen LogP contribution is -2.28. The lowest BCUT2D eigenvalue weighted by atomic mass is 9.89. The Labute approximate surface area is 144 Å². The molecule has 3 rings (SSSR count). The summed E-state index contributed by atoms with van der Waals surface area (Å²) in [6.07, 6.45) is 11.2. The molecule has 2 N–H and O–H groups in total. The quantitative estimate of drug-likeness (QED) is 0.528. The second-order valence-corrected chi connectivity index (χ2v) is 8.30. The molecule has 0 saturated carbocycles. The van der Waals surface area contributed by atoms with Crippen LogP contribution in [0.1, 0.15) is 53.4 Å². The zero-order valence-electron chi connectivity index (χ0n) is 15.2. The number of allylic oxidation sites excluding steroid dienone is 1. The summed E-state index contributed by atoms with van der Waals surface area (Å²) < 4.78 is 11.7. The van der Waals surface area contributed by atoms with E-state index in [4.69, 9.17) is 9.47 Å². The Bertz CT molecular complexity index is 584. The number of hydrogen-bond acceptors (Lipinski definition) is 4. The maximum Gasteiger partial charge on any atom is 0.109 e. The van der Waals surface area contributed by atoms with Gasteiger partial charge in [-0.05, 0) is 59.0 Å². The second kappa shape index (κ2) is 6.10. The Morgan fingerprint density at radius 1 is 1.17 bits per heavy atom. The van der Waals surface area contributed by atoms with Gasteiger partial charge in [-0.15, -0.1) is 0 Å². The molecule has 4 nitrogen and oxygen atoms in total. The van der Waals surface area contributed by atoms with Crippen LogP contribution in [0.15, 0.2) is 35.5 Å². The van der Waals surface area contributed by atoms with Gasteiger partial charge in [0.05, 0.1) is 30.0 Å². The predicted molar refractivity (Wildman–Crippen MR) is 93.7 cm³/mol. The Kier molecular flexibility index (Phi) is 4.54. The molecule has 0 radical (unpaired) electrons. The third-order valence-corrected chi connectivity index (χ3v) is 5.48. The molecule has 134 valence electrons. The van der Waals surface area contributed by atoms with E-state index in [1.54, 1.807) is 13.8 Å². The summed E-state index contributed by atoms with van der Waals surface area (Å²) in [6, 6.07) is 0. The van der Waals surface area contributed by atoms with Gasteiger partial charge in [-0.3, -0.25) is 0 Å². The van der Waals surface area contributed by atoms with E-state index in [2.05, 4.69) is 19.9 Å². The number of fused-ring (bicyclic) bond motifs is 2. The molecule has 0 spiro atoms. The smallest absolute Gasteiger partial charge is 0.109 e. The van der Waals surface area contributed by atoms with Crippen molar-refractivity contribution in [3.05, 3.63) is 35.5 Å². The number of epoxide rings is 1. The van der Waals surface area contributed by atoms with Crippen LogP contribution in [0, 0.1) is 0 Å². The highest BCUT2D eigenvalue weighted by atomic mass is 16.6. The maximum atomic E-state index is 10.6. The zero-order chi connectivity index (χ0) is 17.6. The minimum absolute atomic E-state index is 0.0918. The van der Waals surface area contributed by atoms with E-state index < -0.39 is 11.2 Å². The third kappa shape index (κ3) is 3.83. The molecule has 0 aromatic heterocycles. The Morgan fingerprint density at radius 3 is 2.67 bits per heavy atom. The van der Waals surface area contributed by atoms with E-state index in [-0.39, 0.29) is 24.4 Å². The molecule has 2 aliphatic heterocycles. The summed E-state index contributed by atoms with van der Waals surface area (Å²) in [5.41, 5.74) is 0.0860. The molecule has 2 heterocycles. The summed E-state index contributed by atoms with van der Waals surface area (Å²) >= 11 is 0. The molecule has 0 aromatic rings. The van der Waals surface area contributed by atoms with Gasteiger partial charge < -0.3 is 19.7 Å². The van der Waals surface area contributed by atoms with Gasteiger partial charge in [-0.1, -0.05) is 29.9 Å². The average Bonchev–Trinajstić information content (AvgIpc) is 3.02. The third-order valence-electron chi connectivity index (χ3n) is 5.48. The first-order valence-corrected chi connectivity index (χ1v) is 8.91. The van der Waals surface area contributed by atoms with Gasteiger partial charge in [-0.25, -0.2) is 0 Å². The van der Waals surface area contributed by atoms with Crippen LogP contribution in [-0.4, -0.2) is 45.8 Å². The van der Waals surface area contributed by atoms with E-state index in [0.29, 0.717) is 6.42 Å². The first-order valence-electron chi connectivity index (χ1n) is 8.91. The van der Waals surface area contributed by atoms with Crippen molar-refractivity contribution in [3.63, 3.8) is 0 Å². The van der Waals surface area contributed by atoms with E-state index >= 15 is 0 Å². The van der Waals surface area contributed by atoms with Crippen molar-refractivity contribution < 1.29 is 19.7 Å². The summed E-state index contributed by atoms with van der Waals surface area (Å²) in [4.78, 5) is 0. The zero-order valence-corrected chi connectivity index (χ0v) is 15.2. The minimum atomic E-state index is -0.976. The monoisotopic (exact) mass is 334 g/mol. The lowest BCUT2D eigenvalue weighted by Gasteiger charge is -2.22. The molecule has 4 heteroatoms. The second-order valence-electron chi connectivity index (χ2n) is 8.30. The average molecular weight is 334 g/mol. The van der Waals surface area contributed by atoms with E-state index in [1.807, 2.05) is 18.2 Å².